The minimum absolute atomic E-state index is 0.0613. The Bertz CT molecular complexity index is 1240. The van der Waals surface area contributed by atoms with Crippen LogP contribution in [-0.2, 0) is 10.0 Å². The molecule has 1 heterocycles. The van der Waals surface area contributed by atoms with E-state index >= 15 is 0 Å². The van der Waals surface area contributed by atoms with E-state index in [1.807, 2.05) is 0 Å². The van der Waals surface area contributed by atoms with Gasteiger partial charge in [0.05, 0.1) is 25.5 Å². The van der Waals surface area contributed by atoms with Crippen LogP contribution in [0.15, 0.2) is 65.6 Å². The molecule has 0 aromatic heterocycles. The van der Waals surface area contributed by atoms with Gasteiger partial charge in [0.1, 0.15) is 22.1 Å². The summed E-state index contributed by atoms with van der Waals surface area (Å²) < 4.78 is 44.4. The second-order valence-electron chi connectivity index (χ2n) is 6.39. The van der Waals surface area contributed by atoms with E-state index in [0.717, 1.165) is 0 Å². The lowest BCUT2D eigenvalue weighted by molar-refractivity contribution is 0.102. The summed E-state index contributed by atoms with van der Waals surface area (Å²) in [5, 5.41) is 2.76. The van der Waals surface area contributed by atoms with E-state index in [4.69, 9.17) is 14.2 Å². The molecule has 1 amide bonds. The van der Waals surface area contributed by atoms with Gasteiger partial charge in [-0.2, -0.15) is 0 Å². The second-order valence-corrected chi connectivity index (χ2v) is 8.04. The normalized spacial score (nSPS) is 12.5. The van der Waals surface area contributed by atoms with Crippen LogP contribution in [0.2, 0.25) is 0 Å². The number of para-hydroxylation sites is 2. The highest BCUT2D eigenvalue weighted by Gasteiger charge is 2.24. The number of benzene rings is 3. The topological polar surface area (TPSA) is 103 Å². The molecule has 0 fully saturated rings. The van der Waals surface area contributed by atoms with E-state index in [-0.39, 0.29) is 21.9 Å². The highest BCUT2D eigenvalue weighted by molar-refractivity contribution is 7.92. The van der Waals surface area contributed by atoms with E-state index in [1.165, 1.54) is 44.6 Å². The van der Waals surface area contributed by atoms with Crippen molar-refractivity contribution in [3.8, 4) is 23.0 Å². The van der Waals surface area contributed by atoms with Crippen LogP contribution >= 0.6 is 0 Å². The molecule has 8 nitrogen and oxygen atoms in total. The van der Waals surface area contributed by atoms with Crippen molar-refractivity contribution in [2.45, 2.75) is 4.90 Å². The average Bonchev–Trinajstić information content (AvgIpc) is 2.88. The van der Waals surface area contributed by atoms with Crippen LogP contribution in [0.25, 0.3) is 0 Å². The SMILES string of the molecule is COc1ccc(S(=O)(=O)Nc2ccc3c(c2)C(=O)Nc2ccccc2O3)c(OC)c1. The molecule has 154 valence electrons. The second kappa shape index (κ2) is 7.60. The number of fused-ring (bicyclic) bond motifs is 2. The summed E-state index contributed by atoms with van der Waals surface area (Å²) in [4.78, 5) is 12.6. The van der Waals surface area contributed by atoms with Crippen molar-refractivity contribution in [3.63, 3.8) is 0 Å². The molecular formula is C21H18N2O6S. The van der Waals surface area contributed by atoms with Gasteiger partial charge in [-0.1, -0.05) is 12.1 Å². The lowest BCUT2D eigenvalue weighted by Crippen LogP contribution is -2.15. The van der Waals surface area contributed by atoms with Crippen LogP contribution in [-0.4, -0.2) is 28.5 Å². The summed E-state index contributed by atoms with van der Waals surface area (Å²) in [5.41, 5.74) is 0.938. The minimum Gasteiger partial charge on any atom is -0.497 e. The van der Waals surface area contributed by atoms with Gasteiger partial charge in [-0.15, -0.1) is 0 Å². The molecule has 2 N–H and O–H groups in total. The molecule has 1 aliphatic rings. The lowest BCUT2D eigenvalue weighted by Gasteiger charge is -2.14. The Morgan fingerprint density at radius 2 is 1.73 bits per heavy atom. The van der Waals surface area contributed by atoms with Gasteiger partial charge in [0.2, 0.25) is 0 Å². The third-order valence-electron chi connectivity index (χ3n) is 4.49. The molecule has 0 radical (unpaired) electrons. The number of sulfonamides is 1. The number of carbonyl (C=O) groups is 1. The summed E-state index contributed by atoms with van der Waals surface area (Å²) in [6.45, 7) is 0. The van der Waals surface area contributed by atoms with Gasteiger partial charge in [-0.05, 0) is 42.5 Å². The molecule has 3 aromatic rings. The number of amides is 1. The fraction of sp³-hybridized carbons (Fsp3) is 0.0952. The number of methoxy groups -OCH3 is 2. The maximum Gasteiger partial charge on any atom is 0.265 e. The standard InChI is InChI=1S/C21H18N2O6S/c1-27-14-8-10-20(19(12-14)28-2)30(25,26)23-13-7-9-17-15(11-13)21(24)22-16-5-3-4-6-18(16)29-17/h3-12,23H,1-2H3,(H,22,24). The molecular weight excluding hydrogens is 408 g/mol. The molecule has 0 bridgehead atoms. The van der Waals surface area contributed by atoms with Gasteiger partial charge >= 0.3 is 0 Å². The summed E-state index contributed by atoms with van der Waals surface area (Å²) in [5.74, 6) is 1.01. The highest BCUT2D eigenvalue weighted by Crippen LogP contribution is 2.37. The van der Waals surface area contributed by atoms with E-state index in [1.54, 1.807) is 30.3 Å². The third kappa shape index (κ3) is 3.62. The fourth-order valence-corrected chi connectivity index (χ4v) is 4.24. The maximum absolute atomic E-state index is 12.9. The van der Waals surface area contributed by atoms with Crippen molar-refractivity contribution in [2.24, 2.45) is 0 Å². The van der Waals surface area contributed by atoms with Gasteiger partial charge in [0.25, 0.3) is 15.9 Å². The van der Waals surface area contributed by atoms with Gasteiger partial charge in [0.15, 0.2) is 5.75 Å². The molecule has 0 saturated heterocycles. The Balaban J connectivity index is 1.67. The average molecular weight is 426 g/mol. The Kier molecular flexibility index (Phi) is 4.96. The van der Waals surface area contributed by atoms with Crippen LogP contribution in [0.3, 0.4) is 0 Å². The molecule has 4 rings (SSSR count). The number of anilines is 2. The molecule has 3 aromatic carbocycles. The van der Waals surface area contributed by atoms with E-state index in [0.29, 0.717) is 22.9 Å². The first-order valence-electron chi connectivity index (χ1n) is 8.88. The molecule has 0 spiro atoms. The Morgan fingerprint density at radius 1 is 0.933 bits per heavy atom. The maximum atomic E-state index is 12.9. The van der Waals surface area contributed by atoms with Crippen molar-refractivity contribution in [3.05, 3.63) is 66.2 Å². The van der Waals surface area contributed by atoms with Gasteiger partial charge < -0.3 is 19.5 Å². The van der Waals surface area contributed by atoms with Crippen molar-refractivity contribution in [1.29, 1.82) is 0 Å². The zero-order valence-corrected chi connectivity index (χ0v) is 16.9. The van der Waals surface area contributed by atoms with Gasteiger partial charge in [0, 0.05) is 11.8 Å². The number of ether oxygens (including phenoxy) is 3. The molecule has 1 aliphatic heterocycles. The Hall–Kier alpha value is -3.72. The molecule has 0 unspecified atom stereocenters. The zero-order chi connectivity index (χ0) is 21.3. The van der Waals surface area contributed by atoms with E-state index < -0.39 is 15.9 Å². The van der Waals surface area contributed by atoms with Crippen LogP contribution in [0.5, 0.6) is 23.0 Å². The molecule has 0 atom stereocenters. The number of carbonyl (C=O) groups excluding carboxylic acids is 1. The third-order valence-corrected chi connectivity index (χ3v) is 5.91. The van der Waals surface area contributed by atoms with E-state index in [2.05, 4.69) is 10.0 Å². The molecule has 0 saturated carbocycles. The monoisotopic (exact) mass is 426 g/mol. The minimum atomic E-state index is -3.99. The van der Waals surface area contributed by atoms with Crippen molar-refractivity contribution in [1.82, 2.24) is 0 Å². The largest absolute Gasteiger partial charge is 0.497 e. The van der Waals surface area contributed by atoms with Crippen LogP contribution in [0.4, 0.5) is 11.4 Å². The van der Waals surface area contributed by atoms with Crippen molar-refractivity contribution in [2.75, 3.05) is 24.3 Å². The van der Waals surface area contributed by atoms with Gasteiger partial charge in [-0.3, -0.25) is 9.52 Å². The van der Waals surface area contributed by atoms with Gasteiger partial charge in [-0.25, -0.2) is 8.42 Å². The predicted octanol–water partition coefficient (Wildman–Crippen LogP) is 3.86. The number of rotatable bonds is 5. The van der Waals surface area contributed by atoms with Crippen LogP contribution in [0.1, 0.15) is 10.4 Å². The smallest absolute Gasteiger partial charge is 0.265 e. The number of hydrogen-bond acceptors (Lipinski definition) is 6. The molecule has 0 aliphatic carbocycles. The quantitative estimate of drug-likeness (QED) is 0.642. The highest BCUT2D eigenvalue weighted by atomic mass is 32.2. The summed E-state index contributed by atoms with van der Waals surface area (Å²) in [7, 11) is -1.15. The Morgan fingerprint density at radius 3 is 2.50 bits per heavy atom. The number of hydrogen-bond donors (Lipinski definition) is 2. The van der Waals surface area contributed by atoms with Crippen LogP contribution in [0, 0.1) is 0 Å². The summed E-state index contributed by atoms with van der Waals surface area (Å²) in [6, 6.07) is 15.9. The van der Waals surface area contributed by atoms with Crippen molar-refractivity contribution < 1.29 is 27.4 Å². The summed E-state index contributed by atoms with van der Waals surface area (Å²) >= 11 is 0. The molecule has 30 heavy (non-hydrogen) atoms. The summed E-state index contributed by atoms with van der Waals surface area (Å²) in [6.07, 6.45) is 0. The first-order chi connectivity index (χ1) is 14.4. The predicted molar refractivity (Wildman–Crippen MR) is 111 cm³/mol. The molecule has 9 heteroatoms. The fourth-order valence-electron chi connectivity index (χ4n) is 3.03. The zero-order valence-electron chi connectivity index (χ0n) is 16.1. The van der Waals surface area contributed by atoms with E-state index in [9.17, 15) is 13.2 Å². The first kappa shape index (κ1) is 19.6. The number of nitrogens with one attached hydrogen (secondary N) is 2. The lowest BCUT2D eigenvalue weighted by atomic mass is 10.1. The van der Waals surface area contributed by atoms with Crippen molar-refractivity contribution >= 4 is 27.3 Å². The first-order valence-corrected chi connectivity index (χ1v) is 10.4. The van der Waals surface area contributed by atoms with Crippen LogP contribution < -0.4 is 24.2 Å². The Labute approximate surface area is 173 Å².